The maximum absolute atomic E-state index is 13.8. The third-order valence-corrected chi connectivity index (χ3v) is 6.71. The van der Waals surface area contributed by atoms with Crippen molar-refractivity contribution >= 4 is 17.7 Å². The number of likely N-dealkylation sites (tertiary alicyclic amines) is 1. The molecule has 1 saturated heterocycles. The van der Waals surface area contributed by atoms with Gasteiger partial charge in [0, 0.05) is 45.6 Å². The smallest absolute Gasteiger partial charge is 0.351 e. The van der Waals surface area contributed by atoms with Crippen molar-refractivity contribution in [2.24, 2.45) is 5.92 Å². The van der Waals surface area contributed by atoms with Crippen LogP contribution in [-0.4, -0.2) is 54.7 Å². The first-order chi connectivity index (χ1) is 18.0. The molecule has 0 radical (unpaired) electrons. The number of likely N-dealkylation sites (N-methyl/N-ethyl adjacent to an activating group) is 1. The van der Waals surface area contributed by atoms with E-state index in [4.69, 9.17) is 0 Å². The Labute approximate surface area is 219 Å². The van der Waals surface area contributed by atoms with Crippen molar-refractivity contribution in [1.82, 2.24) is 15.1 Å². The largest absolute Gasteiger partial charge is 0.416 e. The normalized spacial score (nSPS) is 18.1. The molecule has 2 aromatic carbocycles. The number of halogens is 7. The monoisotopic (exact) mass is 561 g/mol. The SMILES string of the molecule is CNC(=O)C(=O)N1CCC(C(=O)N(C)Cc2cc(C(F)(F)F)cc(C(F)(F)F)c2)C(c2ccc(F)cc2C)C1. The Morgan fingerprint density at radius 1 is 1.00 bits per heavy atom. The quantitative estimate of drug-likeness (QED) is 0.442. The molecular weight excluding hydrogens is 535 g/mol. The molecule has 0 aromatic heterocycles. The average Bonchev–Trinajstić information content (AvgIpc) is 2.85. The molecule has 3 amide bonds. The standard InChI is InChI=1S/C26H26F7N3O3/c1-14-8-18(27)4-5-19(14)21-13-36(24(39)22(37)34-2)7-6-20(21)23(38)35(3)12-15-9-16(25(28,29)30)11-17(10-15)26(31,32)33/h4-5,8-11,20-21H,6-7,12-13H2,1-3H3,(H,34,37). The number of carbonyl (C=O) groups is 3. The van der Waals surface area contributed by atoms with Gasteiger partial charge in [0.05, 0.1) is 11.1 Å². The Balaban J connectivity index is 1.93. The Morgan fingerprint density at radius 2 is 1.59 bits per heavy atom. The molecule has 2 unspecified atom stereocenters. The van der Waals surface area contributed by atoms with Crippen LogP contribution in [0.25, 0.3) is 0 Å². The molecule has 1 aliphatic heterocycles. The lowest BCUT2D eigenvalue weighted by molar-refractivity contribution is -0.148. The summed E-state index contributed by atoms with van der Waals surface area (Å²) in [6.45, 7) is 0.989. The molecule has 0 bridgehead atoms. The Kier molecular flexibility index (Phi) is 8.61. The summed E-state index contributed by atoms with van der Waals surface area (Å²) in [6, 6.07) is 5.00. The van der Waals surface area contributed by atoms with E-state index in [2.05, 4.69) is 5.32 Å². The molecule has 13 heteroatoms. The molecule has 0 spiro atoms. The van der Waals surface area contributed by atoms with Gasteiger partial charge in [-0.15, -0.1) is 0 Å². The minimum Gasteiger partial charge on any atom is -0.351 e. The summed E-state index contributed by atoms with van der Waals surface area (Å²) in [7, 11) is 2.54. The maximum Gasteiger partial charge on any atom is 0.416 e. The van der Waals surface area contributed by atoms with Gasteiger partial charge in [-0.05, 0) is 60.4 Å². The molecule has 212 valence electrons. The molecule has 0 saturated carbocycles. The van der Waals surface area contributed by atoms with Crippen LogP contribution in [0.1, 0.15) is 40.2 Å². The van der Waals surface area contributed by atoms with Gasteiger partial charge in [0.1, 0.15) is 5.82 Å². The summed E-state index contributed by atoms with van der Waals surface area (Å²) in [5, 5.41) is 2.23. The zero-order valence-corrected chi connectivity index (χ0v) is 21.2. The van der Waals surface area contributed by atoms with Crippen molar-refractivity contribution in [2.45, 2.75) is 38.2 Å². The maximum atomic E-state index is 13.8. The fraction of sp³-hybridized carbons (Fsp3) is 0.423. The Bertz CT molecular complexity index is 1230. The van der Waals surface area contributed by atoms with Crippen LogP contribution in [0.5, 0.6) is 0 Å². The Hall–Kier alpha value is -3.64. The summed E-state index contributed by atoms with van der Waals surface area (Å²) in [6.07, 6.45) is -10.0. The second-order valence-electron chi connectivity index (χ2n) is 9.44. The van der Waals surface area contributed by atoms with Crippen molar-refractivity contribution < 1.29 is 45.1 Å². The summed E-state index contributed by atoms with van der Waals surface area (Å²) in [4.78, 5) is 40.2. The van der Waals surface area contributed by atoms with E-state index in [-0.39, 0.29) is 31.1 Å². The van der Waals surface area contributed by atoms with E-state index in [0.29, 0.717) is 23.3 Å². The molecule has 1 N–H and O–H groups in total. The van der Waals surface area contributed by atoms with Crippen molar-refractivity contribution in [1.29, 1.82) is 0 Å². The van der Waals surface area contributed by atoms with Gasteiger partial charge < -0.3 is 15.1 Å². The number of benzene rings is 2. The van der Waals surface area contributed by atoms with E-state index in [1.165, 1.54) is 37.2 Å². The highest BCUT2D eigenvalue weighted by Crippen LogP contribution is 2.38. The highest BCUT2D eigenvalue weighted by atomic mass is 19.4. The van der Waals surface area contributed by atoms with Gasteiger partial charge in [-0.25, -0.2) is 4.39 Å². The highest BCUT2D eigenvalue weighted by molar-refractivity contribution is 6.34. The van der Waals surface area contributed by atoms with Gasteiger partial charge in [0.2, 0.25) is 5.91 Å². The molecular formula is C26H26F7N3O3. The first kappa shape index (κ1) is 29.9. The zero-order chi connectivity index (χ0) is 29.3. The van der Waals surface area contributed by atoms with E-state index in [1.54, 1.807) is 6.92 Å². The van der Waals surface area contributed by atoms with Crippen LogP contribution in [0, 0.1) is 18.7 Å². The molecule has 1 heterocycles. The number of nitrogens with zero attached hydrogens (tertiary/aromatic N) is 2. The minimum absolute atomic E-state index is 0.00895. The predicted octanol–water partition coefficient (Wildman–Crippen LogP) is 4.51. The fourth-order valence-electron chi connectivity index (χ4n) is 4.80. The van der Waals surface area contributed by atoms with Crippen molar-refractivity contribution in [3.8, 4) is 0 Å². The average molecular weight is 561 g/mol. The lowest BCUT2D eigenvalue weighted by Gasteiger charge is -2.39. The second-order valence-corrected chi connectivity index (χ2v) is 9.44. The van der Waals surface area contributed by atoms with Gasteiger partial charge in [0.25, 0.3) is 0 Å². The number of rotatable bonds is 4. The van der Waals surface area contributed by atoms with E-state index in [0.717, 1.165) is 4.90 Å². The van der Waals surface area contributed by atoms with E-state index in [9.17, 15) is 45.1 Å². The van der Waals surface area contributed by atoms with Gasteiger partial charge in [0.15, 0.2) is 0 Å². The summed E-state index contributed by atoms with van der Waals surface area (Å²) < 4.78 is 93.4. The van der Waals surface area contributed by atoms with Crippen LogP contribution >= 0.6 is 0 Å². The van der Waals surface area contributed by atoms with E-state index in [1.807, 2.05) is 0 Å². The second kappa shape index (κ2) is 11.2. The molecule has 3 rings (SSSR count). The molecule has 1 aliphatic rings. The van der Waals surface area contributed by atoms with Crippen LogP contribution in [0.4, 0.5) is 30.7 Å². The number of hydrogen-bond donors (Lipinski definition) is 1. The van der Waals surface area contributed by atoms with Gasteiger partial charge in [-0.3, -0.25) is 14.4 Å². The first-order valence-electron chi connectivity index (χ1n) is 11.8. The number of carbonyl (C=O) groups excluding carboxylic acids is 3. The molecule has 39 heavy (non-hydrogen) atoms. The van der Waals surface area contributed by atoms with Crippen molar-refractivity contribution in [3.63, 3.8) is 0 Å². The number of aryl methyl sites for hydroxylation is 1. The number of piperidine rings is 1. The summed E-state index contributed by atoms with van der Waals surface area (Å²) in [5.74, 6) is -4.37. The number of amides is 3. The lowest BCUT2D eigenvalue weighted by Crippen LogP contribution is -2.51. The van der Waals surface area contributed by atoms with Gasteiger partial charge >= 0.3 is 24.2 Å². The van der Waals surface area contributed by atoms with Gasteiger partial charge in [-0.2, -0.15) is 26.3 Å². The number of hydrogen-bond acceptors (Lipinski definition) is 3. The van der Waals surface area contributed by atoms with Gasteiger partial charge in [-0.1, -0.05) is 6.07 Å². The van der Waals surface area contributed by atoms with E-state index >= 15 is 0 Å². The predicted molar refractivity (Wildman–Crippen MR) is 126 cm³/mol. The molecule has 0 aliphatic carbocycles. The van der Waals surface area contributed by atoms with Crippen LogP contribution in [0.15, 0.2) is 36.4 Å². The van der Waals surface area contributed by atoms with Crippen LogP contribution in [-0.2, 0) is 33.3 Å². The summed E-state index contributed by atoms with van der Waals surface area (Å²) >= 11 is 0. The molecule has 2 aromatic rings. The number of nitrogens with one attached hydrogen (secondary N) is 1. The van der Waals surface area contributed by atoms with Crippen LogP contribution < -0.4 is 5.32 Å². The molecule has 2 atom stereocenters. The Morgan fingerprint density at radius 3 is 2.10 bits per heavy atom. The molecule has 1 fully saturated rings. The van der Waals surface area contributed by atoms with Crippen LogP contribution in [0.2, 0.25) is 0 Å². The fourth-order valence-corrected chi connectivity index (χ4v) is 4.80. The molecule has 6 nitrogen and oxygen atoms in total. The number of alkyl halides is 6. The zero-order valence-electron chi connectivity index (χ0n) is 21.2. The van der Waals surface area contributed by atoms with Crippen LogP contribution in [0.3, 0.4) is 0 Å². The summed E-state index contributed by atoms with van der Waals surface area (Å²) in [5.41, 5.74) is -2.35. The third kappa shape index (κ3) is 6.87. The lowest BCUT2D eigenvalue weighted by atomic mass is 9.78. The minimum atomic E-state index is -5.03. The van der Waals surface area contributed by atoms with Crippen molar-refractivity contribution in [3.05, 3.63) is 70.0 Å². The van der Waals surface area contributed by atoms with E-state index < -0.39 is 65.4 Å². The first-order valence-corrected chi connectivity index (χ1v) is 11.8. The van der Waals surface area contributed by atoms with Crippen molar-refractivity contribution in [2.75, 3.05) is 27.2 Å². The topological polar surface area (TPSA) is 69.7 Å². The highest BCUT2D eigenvalue weighted by Gasteiger charge is 2.40. The third-order valence-electron chi connectivity index (χ3n) is 6.71.